The van der Waals surface area contributed by atoms with Crippen LogP contribution in [0.4, 0.5) is 40.9 Å². The van der Waals surface area contributed by atoms with Crippen LogP contribution >= 0.6 is 11.5 Å². The molecule has 0 aliphatic carbocycles. The number of rotatable bonds is 5. The van der Waals surface area contributed by atoms with E-state index in [2.05, 4.69) is 4.37 Å². The second kappa shape index (κ2) is 6.51. The minimum atomic E-state index is -5.20. The van der Waals surface area contributed by atoms with Crippen molar-refractivity contribution in [2.75, 3.05) is 5.32 Å². The number of benzene rings is 1. The molecule has 1 N–H and O–H groups in total. The highest BCUT2D eigenvalue weighted by atomic mass is 32.1. The number of nitro benzene ring substituents is 2. The number of alkyl halides is 3. The fourth-order valence-corrected chi connectivity index (χ4v) is 2.76. The number of anilines is 2. The van der Waals surface area contributed by atoms with Crippen molar-refractivity contribution in [3.8, 4) is 0 Å². The largest absolute Gasteiger partial charge is 0.418 e. The number of halogens is 3. The summed E-state index contributed by atoms with van der Waals surface area (Å²) >= 11 is 0.423. The molecule has 138 valence electrons. The van der Waals surface area contributed by atoms with Crippen molar-refractivity contribution < 1.29 is 27.9 Å². The van der Waals surface area contributed by atoms with Crippen LogP contribution < -0.4 is 5.32 Å². The minimum absolute atomic E-state index is 0.106. The van der Waals surface area contributed by atoms with E-state index < -0.39 is 54.3 Å². The molecular formula is C11H6F3N5O6S. The van der Waals surface area contributed by atoms with E-state index in [4.69, 9.17) is 0 Å². The second-order valence-electron chi connectivity index (χ2n) is 4.73. The van der Waals surface area contributed by atoms with Crippen molar-refractivity contribution in [3.63, 3.8) is 0 Å². The zero-order valence-corrected chi connectivity index (χ0v) is 13.3. The summed E-state index contributed by atoms with van der Waals surface area (Å²) in [6.07, 6.45) is -5.20. The number of nitro groups is 3. The van der Waals surface area contributed by atoms with Crippen LogP contribution in [-0.2, 0) is 6.18 Å². The van der Waals surface area contributed by atoms with E-state index >= 15 is 0 Å². The van der Waals surface area contributed by atoms with Gasteiger partial charge in [-0.3, -0.25) is 30.3 Å². The molecule has 1 aromatic carbocycles. The van der Waals surface area contributed by atoms with Gasteiger partial charge in [0.05, 0.1) is 26.4 Å². The molecule has 0 saturated heterocycles. The Labute approximate surface area is 144 Å². The molecule has 1 aromatic heterocycles. The molecule has 0 fully saturated rings. The Morgan fingerprint density at radius 3 is 2.15 bits per heavy atom. The molecule has 0 atom stereocenters. The molecule has 0 saturated carbocycles. The zero-order valence-electron chi connectivity index (χ0n) is 12.4. The van der Waals surface area contributed by atoms with Crippen molar-refractivity contribution in [2.24, 2.45) is 0 Å². The standard InChI is InChI=1S/C11H6F3N5O6S/c1-4-9(19(24)25)10(26-16-4)15-8-6(11(12,13)14)2-5(17(20)21)3-7(8)18(22)23/h2-3,15H,1H3. The lowest BCUT2D eigenvalue weighted by Crippen LogP contribution is -2.12. The summed E-state index contributed by atoms with van der Waals surface area (Å²) in [5.41, 5.74) is -6.04. The van der Waals surface area contributed by atoms with Crippen LogP contribution in [0.15, 0.2) is 12.1 Å². The van der Waals surface area contributed by atoms with Crippen LogP contribution in [0.2, 0.25) is 0 Å². The van der Waals surface area contributed by atoms with Gasteiger partial charge in [0.25, 0.3) is 11.4 Å². The lowest BCUT2D eigenvalue weighted by molar-refractivity contribution is -0.394. The van der Waals surface area contributed by atoms with E-state index in [-0.39, 0.29) is 11.8 Å². The number of aromatic nitrogens is 1. The number of non-ortho nitro benzene ring substituents is 1. The summed E-state index contributed by atoms with van der Waals surface area (Å²) in [6, 6.07) is 0.437. The highest BCUT2D eigenvalue weighted by Gasteiger charge is 2.40. The predicted octanol–water partition coefficient (Wildman–Crippen LogP) is 3.94. The SMILES string of the molecule is Cc1nsc(Nc2c([N+](=O)[O-])cc([N+](=O)[O-])cc2C(F)(F)F)c1[N+](=O)[O-]. The van der Waals surface area contributed by atoms with Crippen molar-refractivity contribution in [1.82, 2.24) is 4.37 Å². The highest BCUT2D eigenvalue weighted by molar-refractivity contribution is 7.11. The predicted molar refractivity (Wildman–Crippen MR) is 81.5 cm³/mol. The summed E-state index contributed by atoms with van der Waals surface area (Å²) in [7, 11) is 0. The summed E-state index contributed by atoms with van der Waals surface area (Å²) in [6.45, 7) is 1.23. The molecule has 0 unspecified atom stereocenters. The summed E-state index contributed by atoms with van der Waals surface area (Å²) < 4.78 is 43.4. The van der Waals surface area contributed by atoms with Gasteiger partial charge >= 0.3 is 11.9 Å². The van der Waals surface area contributed by atoms with Gasteiger partial charge in [-0.1, -0.05) is 0 Å². The average Bonchev–Trinajstić information content (AvgIpc) is 2.86. The first kappa shape index (κ1) is 19.0. The van der Waals surface area contributed by atoms with Gasteiger partial charge in [-0.25, -0.2) is 0 Å². The summed E-state index contributed by atoms with van der Waals surface area (Å²) in [5, 5.41) is 34.4. The van der Waals surface area contributed by atoms with Crippen molar-refractivity contribution in [1.29, 1.82) is 0 Å². The first-order valence-corrected chi connectivity index (χ1v) is 7.12. The number of nitrogens with zero attached hydrogens (tertiary/aromatic N) is 4. The molecule has 2 rings (SSSR count). The third kappa shape index (κ3) is 3.51. The monoisotopic (exact) mass is 393 g/mol. The van der Waals surface area contributed by atoms with Crippen molar-refractivity contribution >= 4 is 39.3 Å². The Hall–Kier alpha value is -3.36. The molecule has 1 heterocycles. The van der Waals surface area contributed by atoms with Gasteiger partial charge in [0.1, 0.15) is 11.4 Å². The molecule has 0 radical (unpaired) electrons. The van der Waals surface area contributed by atoms with Gasteiger partial charge in [-0.2, -0.15) is 17.5 Å². The fourth-order valence-electron chi connectivity index (χ4n) is 1.99. The minimum Gasteiger partial charge on any atom is -0.334 e. The van der Waals surface area contributed by atoms with Crippen molar-refractivity contribution in [2.45, 2.75) is 13.1 Å². The fraction of sp³-hybridized carbons (Fsp3) is 0.182. The smallest absolute Gasteiger partial charge is 0.334 e. The third-order valence-corrected chi connectivity index (χ3v) is 3.91. The third-order valence-electron chi connectivity index (χ3n) is 3.07. The number of hydrogen-bond acceptors (Lipinski definition) is 9. The van der Waals surface area contributed by atoms with Crippen LogP contribution in [0.5, 0.6) is 0 Å². The van der Waals surface area contributed by atoms with Gasteiger partial charge in [0.2, 0.25) is 0 Å². The van der Waals surface area contributed by atoms with E-state index in [1.165, 1.54) is 6.92 Å². The molecule has 0 aliphatic heterocycles. The van der Waals surface area contributed by atoms with E-state index in [9.17, 15) is 43.5 Å². The highest BCUT2D eigenvalue weighted by Crippen LogP contribution is 2.45. The van der Waals surface area contributed by atoms with Crippen LogP contribution in [-0.4, -0.2) is 19.1 Å². The zero-order chi connectivity index (χ0) is 19.8. The molecule has 0 spiro atoms. The van der Waals surface area contributed by atoms with Gasteiger partial charge < -0.3 is 5.32 Å². The Bertz CT molecular complexity index is 928. The molecule has 0 bridgehead atoms. The van der Waals surface area contributed by atoms with Crippen LogP contribution in [0.1, 0.15) is 11.3 Å². The van der Waals surface area contributed by atoms with E-state index in [1.807, 2.05) is 5.32 Å². The van der Waals surface area contributed by atoms with E-state index in [1.54, 1.807) is 0 Å². The second-order valence-corrected chi connectivity index (χ2v) is 5.50. The molecule has 0 aliphatic rings. The van der Waals surface area contributed by atoms with Crippen LogP contribution in [0, 0.1) is 37.3 Å². The van der Waals surface area contributed by atoms with Gasteiger partial charge in [0, 0.05) is 6.07 Å². The Morgan fingerprint density at radius 2 is 1.69 bits per heavy atom. The van der Waals surface area contributed by atoms with Crippen molar-refractivity contribution in [3.05, 3.63) is 53.7 Å². The summed E-state index contributed by atoms with van der Waals surface area (Å²) in [5.74, 6) is 0. The first-order chi connectivity index (χ1) is 11.9. The maximum atomic E-state index is 13.3. The van der Waals surface area contributed by atoms with Gasteiger partial charge in [-0.15, -0.1) is 0 Å². The lowest BCUT2D eigenvalue weighted by atomic mass is 10.1. The molecule has 2 aromatic rings. The molecule has 15 heteroatoms. The molecular weight excluding hydrogens is 387 g/mol. The number of aryl methyl sites for hydroxylation is 1. The number of hydrogen-bond donors (Lipinski definition) is 1. The van der Waals surface area contributed by atoms with Gasteiger partial charge in [-0.05, 0) is 18.5 Å². The molecule has 0 amide bonds. The van der Waals surface area contributed by atoms with E-state index in [0.29, 0.717) is 17.6 Å². The van der Waals surface area contributed by atoms with Crippen LogP contribution in [0.3, 0.4) is 0 Å². The average molecular weight is 393 g/mol. The van der Waals surface area contributed by atoms with Gasteiger partial charge in [0.15, 0.2) is 5.00 Å². The first-order valence-electron chi connectivity index (χ1n) is 6.35. The maximum absolute atomic E-state index is 13.3. The normalized spacial score (nSPS) is 11.2. The molecule has 26 heavy (non-hydrogen) atoms. The molecule has 11 nitrogen and oxygen atoms in total. The maximum Gasteiger partial charge on any atom is 0.418 e. The Kier molecular flexibility index (Phi) is 4.75. The lowest BCUT2D eigenvalue weighted by Gasteiger charge is -2.13. The topological polar surface area (TPSA) is 154 Å². The Morgan fingerprint density at radius 1 is 1.08 bits per heavy atom. The van der Waals surface area contributed by atoms with E-state index in [0.717, 1.165) is 0 Å². The quantitative estimate of drug-likeness (QED) is 0.591. The van der Waals surface area contributed by atoms with Crippen LogP contribution in [0.25, 0.3) is 0 Å². The summed E-state index contributed by atoms with van der Waals surface area (Å²) in [4.78, 5) is 29.5. The number of nitrogens with one attached hydrogen (secondary N) is 1. The Balaban J connectivity index is 2.76.